The highest BCUT2D eigenvalue weighted by Crippen LogP contribution is 2.22. The van der Waals surface area contributed by atoms with E-state index >= 15 is 0 Å². The second kappa shape index (κ2) is 9.40. The standard InChI is InChI=1S/C26H29N5O2/c1-16(2)33-22-12-10-20(11-13-22)17(3)27-25-14-21(28-18(4)29-25)15-31-19(5)30-24-9-7-6-8-23(24)26(31)32/h6-14,16-17H,15H2,1-5H3,(H,27,28,29). The van der Waals surface area contributed by atoms with Crippen LogP contribution in [0.25, 0.3) is 10.9 Å². The van der Waals surface area contributed by atoms with E-state index in [9.17, 15) is 4.79 Å². The first kappa shape index (κ1) is 22.5. The monoisotopic (exact) mass is 443 g/mol. The summed E-state index contributed by atoms with van der Waals surface area (Å²) in [5.41, 5.74) is 2.51. The molecule has 0 spiro atoms. The van der Waals surface area contributed by atoms with Crippen LogP contribution in [0.5, 0.6) is 5.75 Å². The van der Waals surface area contributed by atoms with Gasteiger partial charge >= 0.3 is 0 Å². The molecule has 1 N–H and O–H groups in total. The summed E-state index contributed by atoms with van der Waals surface area (Å²) in [7, 11) is 0. The van der Waals surface area contributed by atoms with E-state index in [0.29, 0.717) is 34.9 Å². The van der Waals surface area contributed by atoms with Crippen LogP contribution in [0.4, 0.5) is 5.82 Å². The summed E-state index contributed by atoms with van der Waals surface area (Å²) in [6.45, 7) is 10.1. The molecular weight excluding hydrogens is 414 g/mol. The van der Waals surface area contributed by atoms with Gasteiger partial charge in [0.25, 0.3) is 5.56 Å². The minimum absolute atomic E-state index is 0.0343. The molecule has 0 fully saturated rings. The van der Waals surface area contributed by atoms with Gasteiger partial charge in [0.15, 0.2) is 0 Å². The molecule has 7 heteroatoms. The van der Waals surface area contributed by atoms with Gasteiger partial charge in [-0.3, -0.25) is 9.36 Å². The van der Waals surface area contributed by atoms with Crippen LogP contribution in [0.2, 0.25) is 0 Å². The molecule has 170 valence electrons. The number of nitrogens with one attached hydrogen (secondary N) is 1. The predicted molar refractivity (Wildman–Crippen MR) is 131 cm³/mol. The van der Waals surface area contributed by atoms with E-state index in [-0.39, 0.29) is 17.7 Å². The summed E-state index contributed by atoms with van der Waals surface area (Å²) >= 11 is 0. The van der Waals surface area contributed by atoms with Gasteiger partial charge in [-0.1, -0.05) is 24.3 Å². The third-order valence-corrected chi connectivity index (χ3v) is 5.38. The van der Waals surface area contributed by atoms with Gasteiger partial charge < -0.3 is 10.1 Å². The Morgan fingerprint density at radius 3 is 2.42 bits per heavy atom. The minimum atomic E-state index is -0.0686. The summed E-state index contributed by atoms with van der Waals surface area (Å²) in [6.07, 6.45) is 0.141. The molecule has 4 aromatic rings. The number of fused-ring (bicyclic) bond motifs is 1. The first-order chi connectivity index (χ1) is 15.8. The SMILES string of the molecule is Cc1nc(Cn2c(C)nc3ccccc3c2=O)cc(NC(C)c2ccc(OC(C)C)cc2)n1. The van der Waals surface area contributed by atoms with Crippen LogP contribution in [0, 0.1) is 13.8 Å². The first-order valence-electron chi connectivity index (χ1n) is 11.1. The quantitative estimate of drug-likeness (QED) is 0.441. The van der Waals surface area contributed by atoms with Crippen molar-refractivity contribution >= 4 is 16.7 Å². The van der Waals surface area contributed by atoms with Crippen molar-refractivity contribution in [3.63, 3.8) is 0 Å². The van der Waals surface area contributed by atoms with Crippen molar-refractivity contribution in [1.82, 2.24) is 19.5 Å². The average molecular weight is 444 g/mol. The lowest BCUT2D eigenvalue weighted by Crippen LogP contribution is -2.25. The molecule has 2 heterocycles. The number of benzene rings is 2. The third-order valence-electron chi connectivity index (χ3n) is 5.38. The number of aryl methyl sites for hydroxylation is 2. The van der Waals surface area contributed by atoms with Crippen molar-refractivity contribution in [2.45, 2.75) is 53.3 Å². The van der Waals surface area contributed by atoms with Crippen LogP contribution >= 0.6 is 0 Å². The number of nitrogens with zero attached hydrogens (tertiary/aromatic N) is 4. The summed E-state index contributed by atoms with van der Waals surface area (Å²) in [4.78, 5) is 26.7. The Morgan fingerprint density at radius 1 is 0.970 bits per heavy atom. The van der Waals surface area contributed by atoms with Crippen LogP contribution < -0.4 is 15.6 Å². The molecule has 2 aromatic carbocycles. The molecule has 1 atom stereocenters. The molecule has 0 amide bonds. The Labute approximate surface area is 193 Å². The maximum absolute atomic E-state index is 13.0. The maximum atomic E-state index is 13.0. The second-order valence-electron chi connectivity index (χ2n) is 8.46. The van der Waals surface area contributed by atoms with Crippen molar-refractivity contribution in [2.24, 2.45) is 0 Å². The topological polar surface area (TPSA) is 81.9 Å². The Balaban J connectivity index is 1.56. The molecule has 4 rings (SSSR count). The minimum Gasteiger partial charge on any atom is -0.491 e. The van der Waals surface area contributed by atoms with E-state index in [1.54, 1.807) is 10.6 Å². The van der Waals surface area contributed by atoms with Gasteiger partial charge in [-0.25, -0.2) is 15.0 Å². The molecular formula is C26H29N5O2. The van der Waals surface area contributed by atoms with Gasteiger partial charge in [-0.2, -0.15) is 0 Å². The van der Waals surface area contributed by atoms with Gasteiger partial charge in [0.1, 0.15) is 23.2 Å². The Bertz CT molecular complexity index is 1330. The molecule has 0 aliphatic rings. The average Bonchev–Trinajstić information content (AvgIpc) is 2.76. The molecule has 7 nitrogen and oxygen atoms in total. The normalized spacial score (nSPS) is 12.2. The number of para-hydroxylation sites is 1. The Morgan fingerprint density at radius 2 is 1.70 bits per heavy atom. The van der Waals surface area contributed by atoms with Crippen LogP contribution in [-0.2, 0) is 6.54 Å². The van der Waals surface area contributed by atoms with E-state index in [2.05, 4.69) is 27.2 Å². The zero-order chi connectivity index (χ0) is 23.5. The Hall–Kier alpha value is -3.74. The summed E-state index contributed by atoms with van der Waals surface area (Å²) in [5, 5.41) is 4.05. The van der Waals surface area contributed by atoms with Gasteiger partial charge in [0, 0.05) is 12.1 Å². The molecule has 1 unspecified atom stereocenters. The molecule has 0 saturated heterocycles. The van der Waals surface area contributed by atoms with E-state index in [0.717, 1.165) is 17.0 Å². The summed E-state index contributed by atoms with van der Waals surface area (Å²) < 4.78 is 7.38. The maximum Gasteiger partial charge on any atom is 0.261 e. The smallest absolute Gasteiger partial charge is 0.261 e. The number of hydrogen-bond donors (Lipinski definition) is 1. The fraction of sp³-hybridized carbons (Fsp3) is 0.308. The lowest BCUT2D eigenvalue weighted by molar-refractivity contribution is 0.242. The van der Waals surface area contributed by atoms with Crippen molar-refractivity contribution < 1.29 is 4.74 Å². The number of ether oxygens (including phenoxy) is 1. The predicted octanol–water partition coefficient (Wildman–Crippen LogP) is 4.81. The van der Waals surface area contributed by atoms with E-state index in [1.807, 2.05) is 76.2 Å². The lowest BCUT2D eigenvalue weighted by Gasteiger charge is -2.17. The molecule has 2 aromatic heterocycles. The molecule has 0 aliphatic heterocycles. The van der Waals surface area contributed by atoms with Crippen LogP contribution in [0.1, 0.15) is 49.7 Å². The van der Waals surface area contributed by atoms with E-state index in [4.69, 9.17) is 4.74 Å². The zero-order valence-corrected chi connectivity index (χ0v) is 19.7. The Kier molecular flexibility index (Phi) is 6.40. The second-order valence-corrected chi connectivity index (χ2v) is 8.46. The van der Waals surface area contributed by atoms with Gasteiger partial charge in [-0.15, -0.1) is 0 Å². The summed E-state index contributed by atoms with van der Waals surface area (Å²) in [5.74, 6) is 2.86. The third kappa shape index (κ3) is 5.19. The number of anilines is 1. The van der Waals surface area contributed by atoms with Crippen molar-refractivity contribution in [2.75, 3.05) is 5.32 Å². The molecule has 0 radical (unpaired) electrons. The van der Waals surface area contributed by atoms with Crippen molar-refractivity contribution in [3.8, 4) is 5.75 Å². The fourth-order valence-corrected chi connectivity index (χ4v) is 3.82. The fourth-order valence-electron chi connectivity index (χ4n) is 3.82. The van der Waals surface area contributed by atoms with Gasteiger partial charge in [0.05, 0.1) is 29.2 Å². The van der Waals surface area contributed by atoms with Crippen LogP contribution in [0.3, 0.4) is 0 Å². The highest BCUT2D eigenvalue weighted by atomic mass is 16.5. The van der Waals surface area contributed by atoms with Crippen LogP contribution in [-0.4, -0.2) is 25.6 Å². The number of aromatic nitrogens is 4. The number of hydrogen-bond acceptors (Lipinski definition) is 6. The highest BCUT2D eigenvalue weighted by Gasteiger charge is 2.12. The molecule has 33 heavy (non-hydrogen) atoms. The first-order valence-corrected chi connectivity index (χ1v) is 11.1. The van der Waals surface area contributed by atoms with Crippen LogP contribution in [0.15, 0.2) is 59.4 Å². The van der Waals surface area contributed by atoms with Crippen molar-refractivity contribution in [3.05, 3.63) is 87.9 Å². The largest absolute Gasteiger partial charge is 0.491 e. The van der Waals surface area contributed by atoms with Gasteiger partial charge in [-0.05, 0) is 64.4 Å². The molecule has 0 aliphatic carbocycles. The lowest BCUT2D eigenvalue weighted by atomic mass is 10.1. The van der Waals surface area contributed by atoms with E-state index < -0.39 is 0 Å². The number of rotatable bonds is 7. The van der Waals surface area contributed by atoms with Crippen molar-refractivity contribution in [1.29, 1.82) is 0 Å². The molecule has 0 bridgehead atoms. The van der Waals surface area contributed by atoms with Gasteiger partial charge in [0.2, 0.25) is 0 Å². The highest BCUT2D eigenvalue weighted by molar-refractivity contribution is 5.77. The molecule has 0 saturated carbocycles. The zero-order valence-electron chi connectivity index (χ0n) is 19.7. The van der Waals surface area contributed by atoms with E-state index in [1.165, 1.54) is 0 Å². The summed E-state index contributed by atoms with van der Waals surface area (Å²) in [6, 6.07) is 17.4.